The molecule has 20 heavy (non-hydrogen) atoms. The molecule has 3 nitrogen and oxygen atoms in total. The van der Waals surface area contributed by atoms with E-state index in [1.165, 1.54) is 29.7 Å². The fourth-order valence-corrected chi connectivity index (χ4v) is 3.58. The van der Waals surface area contributed by atoms with Crippen molar-refractivity contribution in [2.24, 2.45) is 0 Å². The minimum atomic E-state index is -3.23. The van der Waals surface area contributed by atoms with Gasteiger partial charge in [0.1, 0.15) is 10.8 Å². The average molecular weight is 307 g/mol. The van der Waals surface area contributed by atoms with Crippen LogP contribution in [0, 0.1) is 5.82 Å². The summed E-state index contributed by atoms with van der Waals surface area (Å²) in [4.78, 5) is 4.71. The van der Waals surface area contributed by atoms with Gasteiger partial charge in [-0.1, -0.05) is 0 Å². The summed E-state index contributed by atoms with van der Waals surface area (Å²) in [5, 5.41) is 0.741. The van der Waals surface area contributed by atoms with Crippen molar-refractivity contribution in [3.05, 3.63) is 48.3 Å². The third-order valence-corrected chi connectivity index (χ3v) is 5.06. The molecule has 102 valence electrons. The first kappa shape index (κ1) is 13.2. The van der Waals surface area contributed by atoms with E-state index in [-0.39, 0.29) is 10.7 Å². The number of aromatic nitrogens is 1. The van der Waals surface area contributed by atoms with E-state index in [1.54, 1.807) is 30.3 Å². The van der Waals surface area contributed by atoms with Gasteiger partial charge in [-0.15, -0.1) is 11.3 Å². The summed E-state index contributed by atoms with van der Waals surface area (Å²) in [5.74, 6) is -0.297. The lowest BCUT2D eigenvalue weighted by Crippen LogP contribution is -1.95. The van der Waals surface area contributed by atoms with Gasteiger partial charge in [-0.25, -0.2) is 17.8 Å². The highest BCUT2D eigenvalue weighted by Gasteiger charge is 2.11. The number of halogens is 1. The Morgan fingerprint density at radius 3 is 2.45 bits per heavy atom. The van der Waals surface area contributed by atoms with Crippen LogP contribution in [0.15, 0.2) is 47.4 Å². The molecule has 2 aromatic carbocycles. The van der Waals surface area contributed by atoms with Gasteiger partial charge in [0.15, 0.2) is 9.84 Å². The summed E-state index contributed by atoms with van der Waals surface area (Å²) in [6.45, 7) is 0. The summed E-state index contributed by atoms with van der Waals surface area (Å²) in [6, 6.07) is 10.9. The van der Waals surface area contributed by atoms with Crippen LogP contribution in [0.3, 0.4) is 0 Å². The molecule has 0 saturated carbocycles. The first-order valence-corrected chi connectivity index (χ1v) is 8.51. The van der Waals surface area contributed by atoms with Crippen molar-refractivity contribution in [1.82, 2.24) is 4.98 Å². The predicted octanol–water partition coefficient (Wildman–Crippen LogP) is 3.51. The molecule has 0 aliphatic rings. The number of benzene rings is 2. The third kappa shape index (κ3) is 2.44. The highest BCUT2D eigenvalue weighted by molar-refractivity contribution is 7.90. The minimum Gasteiger partial charge on any atom is -0.236 e. The van der Waals surface area contributed by atoms with Crippen LogP contribution in [0.2, 0.25) is 0 Å². The van der Waals surface area contributed by atoms with Crippen molar-refractivity contribution in [3.63, 3.8) is 0 Å². The molecule has 1 aromatic heterocycles. The Hall–Kier alpha value is -1.79. The molecular weight excluding hydrogens is 297 g/mol. The van der Waals surface area contributed by atoms with Gasteiger partial charge in [0.25, 0.3) is 0 Å². The van der Waals surface area contributed by atoms with E-state index in [4.69, 9.17) is 0 Å². The van der Waals surface area contributed by atoms with Gasteiger partial charge < -0.3 is 0 Å². The average Bonchev–Trinajstić information content (AvgIpc) is 2.81. The molecule has 3 rings (SSSR count). The van der Waals surface area contributed by atoms with Crippen LogP contribution in [0.1, 0.15) is 0 Å². The zero-order valence-electron chi connectivity index (χ0n) is 10.5. The zero-order valence-corrected chi connectivity index (χ0v) is 12.1. The standard InChI is InChI=1S/C14H10FNO2S2/c1-20(17,18)11-6-7-12-13(8-11)19-14(16-12)9-2-4-10(15)5-3-9/h2-8H,1H3. The second-order valence-corrected chi connectivity index (χ2v) is 7.47. The third-order valence-electron chi connectivity index (χ3n) is 2.88. The van der Waals surface area contributed by atoms with Crippen LogP contribution in [-0.4, -0.2) is 19.7 Å². The number of hydrogen-bond acceptors (Lipinski definition) is 4. The number of thiazole rings is 1. The fourth-order valence-electron chi connectivity index (χ4n) is 1.85. The molecule has 0 spiro atoms. The lowest BCUT2D eigenvalue weighted by molar-refractivity contribution is 0.602. The van der Waals surface area contributed by atoms with Crippen molar-refractivity contribution < 1.29 is 12.8 Å². The van der Waals surface area contributed by atoms with Crippen LogP contribution in [-0.2, 0) is 9.84 Å². The number of sulfone groups is 1. The van der Waals surface area contributed by atoms with E-state index in [2.05, 4.69) is 4.98 Å². The number of rotatable bonds is 2. The van der Waals surface area contributed by atoms with Crippen LogP contribution in [0.25, 0.3) is 20.8 Å². The van der Waals surface area contributed by atoms with E-state index in [1.807, 2.05) is 0 Å². The molecule has 6 heteroatoms. The second-order valence-electron chi connectivity index (χ2n) is 4.43. The lowest BCUT2D eigenvalue weighted by Gasteiger charge is -1.96. The Kier molecular flexibility index (Phi) is 3.07. The van der Waals surface area contributed by atoms with Gasteiger partial charge in [0, 0.05) is 11.8 Å². The molecule has 0 unspecified atom stereocenters. The van der Waals surface area contributed by atoms with Gasteiger partial charge >= 0.3 is 0 Å². The molecule has 0 amide bonds. The van der Waals surface area contributed by atoms with Crippen LogP contribution in [0.5, 0.6) is 0 Å². The van der Waals surface area contributed by atoms with Crippen molar-refractivity contribution in [2.45, 2.75) is 4.90 Å². The largest absolute Gasteiger partial charge is 0.236 e. The van der Waals surface area contributed by atoms with Crippen LogP contribution < -0.4 is 0 Å². The SMILES string of the molecule is CS(=O)(=O)c1ccc2nc(-c3ccc(F)cc3)sc2c1. The van der Waals surface area contributed by atoms with Crippen molar-refractivity contribution in [2.75, 3.05) is 6.26 Å². The maximum atomic E-state index is 12.9. The van der Waals surface area contributed by atoms with Gasteiger partial charge in [-0.2, -0.15) is 0 Å². The van der Waals surface area contributed by atoms with E-state index < -0.39 is 9.84 Å². The van der Waals surface area contributed by atoms with Gasteiger partial charge in [-0.3, -0.25) is 0 Å². The topological polar surface area (TPSA) is 47.0 Å². The summed E-state index contributed by atoms with van der Waals surface area (Å²) < 4.78 is 36.8. The molecule has 0 fully saturated rings. The van der Waals surface area contributed by atoms with E-state index in [0.29, 0.717) is 0 Å². The summed E-state index contributed by atoms with van der Waals surface area (Å²) in [7, 11) is -3.23. The molecule has 1 heterocycles. The van der Waals surface area contributed by atoms with Gasteiger partial charge in [0.2, 0.25) is 0 Å². The molecule has 0 N–H and O–H groups in total. The number of hydrogen-bond donors (Lipinski definition) is 0. The summed E-state index contributed by atoms with van der Waals surface area (Å²) >= 11 is 1.39. The quantitative estimate of drug-likeness (QED) is 0.728. The molecule has 3 aromatic rings. The zero-order chi connectivity index (χ0) is 14.3. The van der Waals surface area contributed by atoms with Crippen LogP contribution >= 0.6 is 11.3 Å². The maximum Gasteiger partial charge on any atom is 0.175 e. The Bertz CT molecular complexity index is 883. The molecular formula is C14H10FNO2S2. The molecule has 0 radical (unpaired) electrons. The van der Waals surface area contributed by atoms with Crippen molar-refractivity contribution in [1.29, 1.82) is 0 Å². The first-order valence-electron chi connectivity index (χ1n) is 5.80. The predicted molar refractivity (Wildman–Crippen MR) is 78.1 cm³/mol. The monoisotopic (exact) mass is 307 g/mol. The second kappa shape index (κ2) is 4.64. The van der Waals surface area contributed by atoms with Crippen molar-refractivity contribution in [3.8, 4) is 10.6 Å². The number of fused-ring (bicyclic) bond motifs is 1. The molecule has 0 aliphatic heterocycles. The van der Waals surface area contributed by atoms with E-state index in [9.17, 15) is 12.8 Å². The lowest BCUT2D eigenvalue weighted by atomic mass is 10.2. The first-order chi connectivity index (χ1) is 9.43. The smallest absolute Gasteiger partial charge is 0.175 e. The number of nitrogens with zero attached hydrogens (tertiary/aromatic N) is 1. The highest BCUT2D eigenvalue weighted by Crippen LogP contribution is 2.31. The summed E-state index contributed by atoms with van der Waals surface area (Å²) in [5.41, 5.74) is 1.55. The van der Waals surface area contributed by atoms with Gasteiger partial charge in [-0.05, 0) is 42.5 Å². The Balaban J connectivity index is 2.13. The molecule has 0 saturated heterocycles. The molecule has 0 aliphatic carbocycles. The van der Waals surface area contributed by atoms with E-state index >= 15 is 0 Å². The van der Waals surface area contributed by atoms with Crippen molar-refractivity contribution >= 4 is 31.4 Å². The Morgan fingerprint density at radius 1 is 1.10 bits per heavy atom. The Labute approximate surface area is 119 Å². The maximum absolute atomic E-state index is 12.9. The molecule has 0 bridgehead atoms. The van der Waals surface area contributed by atoms with E-state index in [0.717, 1.165) is 20.8 Å². The minimum absolute atomic E-state index is 0.277. The van der Waals surface area contributed by atoms with Crippen LogP contribution in [0.4, 0.5) is 4.39 Å². The molecule has 0 atom stereocenters. The summed E-state index contributed by atoms with van der Waals surface area (Å²) in [6.07, 6.45) is 1.18. The fraction of sp³-hybridized carbons (Fsp3) is 0.0714. The van der Waals surface area contributed by atoms with Gasteiger partial charge in [0.05, 0.1) is 15.1 Å². The normalized spacial score (nSPS) is 11.9. The highest BCUT2D eigenvalue weighted by atomic mass is 32.2. The Morgan fingerprint density at radius 2 is 1.80 bits per heavy atom.